The maximum absolute atomic E-state index is 13.3. The molecule has 9 heteroatoms. The number of halogens is 3. The molecule has 0 spiro atoms. The van der Waals surface area contributed by atoms with Crippen LogP contribution in [0.3, 0.4) is 0 Å². The molecule has 1 fully saturated rings. The van der Waals surface area contributed by atoms with Gasteiger partial charge in [0.15, 0.2) is 0 Å². The molecule has 0 unspecified atom stereocenters. The fourth-order valence-electron chi connectivity index (χ4n) is 2.51. The van der Waals surface area contributed by atoms with Crippen molar-refractivity contribution in [2.75, 3.05) is 19.8 Å². The van der Waals surface area contributed by atoms with E-state index in [2.05, 4.69) is 15.8 Å². The average Bonchev–Trinajstić information content (AvgIpc) is 3.06. The normalized spacial score (nSPS) is 21.0. The maximum atomic E-state index is 13.3. The van der Waals surface area contributed by atoms with Crippen LogP contribution in [0, 0.1) is 0 Å². The van der Waals surface area contributed by atoms with Gasteiger partial charge < -0.3 is 9.47 Å². The number of carbonyl (C=O) groups excluding carboxylic acids is 1. The van der Waals surface area contributed by atoms with Gasteiger partial charge in [-0.3, -0.25) is 20.6 Å². The van der Waals surface area contributed by atoms with Gasteiger partial charge in [-0.25, -0.2) is 0 Å². The predicted molar refractivity (Wildman–Crippen MR) is 78.6 cm³/mol. The first-order valence-corrected chi connectivity index (χ1v) is 7.49. The number of benzene rings is 1. The van der Waals surface area contributed by atoms with Crippen molar-refractivity contribution in [1.29, 1.82) is 0 Å². The molecule has 6 nitrogen and oxygen atoms in total. The second-order valence-electron chi connectivity index (χ2n) is 5.49. The van der Waals surface area contributed by atoms with Crippen LogP contribution in [0.1, 0.15) is 24.0 Å². The summed E-state index contributed by atoms with van der Waals surface area (Å²) < 4.78 is 50.6. The number of amides is 1. The van der Waals surface area contributed by atoms with Crippen LogP contribution in [0.5, 0.6) is 5.75 Å². The molecule has 0 aliphatic carbocycles. The van der Waals surface area contributed by atoms with Gasteiger partial charge in [-0.2, -0.15) is 13.2 Å². The zero-order valence-electron chi connectivity index (χ0n) is 12.7. The van der Waals surface area contributed by atoms with Gasteiger partial charge in [-0.15, -0.1) is 0 Å². The van der Waals surface area contributed by atoms with E-state index in [9.17, 15) is 18.0 Å². The Bertz CT molecular complexity index is 655. The minimum atomic E-state index is -4.57. The Kier molecular flexibility index (Phi) is 4.61. The number of carbonyl (C=O) groups is 1. The maximum Gasteiger partial charge on any atom is 0.419 e. The van der Waals surface area contributed by atoms with Crippen molar-refractivity contribution in [1.82, 2.24) is 10.9 Å². The van der Waals surface area contributed by atoms with Crippen molar-refractivity contribution < 1.29 is 27.4 Å². The quantitative estimate of drug-likeness (QED) is 0.872. The highest BCUT2D eigenvalue weighted by atomic mass is 19.4. The lowest BCUT2D eigenvalue weighted by Crippen LogP contribution is -2.47. The second-order valence-corrected chi connectivity index (χ2v) is 5.49. The molecule has 2 heterocycles. The first kappa shape index (κ1) is 16.6. The summed E-state index contributed by atoms with van der Waals surface area (Å²) in [6.45, 7) is 0.551. The van der Waals surface area contributed by atoms with Gasteiger partial charge in [0, 0.05) is 12.2 Å². The molecule has 1 saturated heterocycles. The third kappa shape index (κ3) is 3.78. The summed E-state index contributed by atoms with van der Waals surface area (Å²) >= 11 is 0. The zero-order chi connectivity index (χ0) is 17.2. The summed E-state index contributed by atoms with van der Waals surface area (Å²) in [6.07, 6.45) is -3.08. The van der Waals surface area contributed by atoms with Crippen LogP contribution in [0.25, 0.3) is 0 Å². The molecule has 1 atom stereocenters. The molecule has 0 saturated carbocycles. The van der Waals surface area contributed by atoms with E-state index in [1.54, 1.807) is 0 Å². The smallest absolute Gasteiger partial charge is 0.419 e. The van der Waals surface area contributed by atoms with E-state index >= 15 is 0 Å². The van der Waals surface area contributed by atoms with E-state index in [-0.39, 0.29) is 42.3 Å². The first-order chi connectivity index (χ1) is 11.4. The van der Waals surface area contributed by atoms with Crippen molar-refractivity contribution in [2.24, 2.45) is 4.99 Å². The van der Waals surface area contributed by atoms with E-state index in [0.717, 1.165) is 18.9 Å². The van der Waals surface area contributed by atoms with E-state index in [4.69, 9.17) is 9.47 Å². The minimum absolute atomic E-state index is 0.0810. The largest absolute Gasteiger partial charge is 0.490 e. The lowest BCUT2D eigenvalue weighted by atomic mass is 10.1. The van der Waals surface area contributed by atoms with Crippen molar-refractivity contribution in [3.63, 3.8) is 0 Å². The standard InChI is InChI=1S/C15H16F3N3O3/c16-15(17,18)11-6-9(14-19-7-13(22)20-21-14)3-4-12(11)24-8-10-2-1-5-23-10/h3-4,6,10H,1-2,5,7-8H2,(H,19,21)(H,20,22)/t10-/m1/s1. The lowest BCUT2D eigenvalue weighted by Gasteiger charge is -2.19. The molecule has 24 heavy (non-hydrogen) atoms. The number of nitrogens with one attached hydrogen (secondary N) is 2. The Morgan fingerprint density at radius 1 is 1.33 bits per heavy atom. The van der Waals surface area contributed by atoms with Crippen LogP contribution in [0.2, 0.25) is 0 Å². The van der Waals surface area contributed by atoms with Crippen molar-refractivity contribution in [2.45, 2.75) is 25.1 Å². The molecular weight excluding hydrogens is 327 g/mol. The molecule has 0 bridgehead atoms. The number of aliphatic imine (C=N–C) groups is 1. The van der Waals surface area contributed by atoms with Crippen LogP contribution in [0.4, 0.5) is 13.2 Å². The monoisotopic (exact) mass is 343 g/mol. The number of hydrogen-bond donors (Lipinski definition) is 2. The summed E-state index contributed by atoms with van der Waals surface area (Å²) in [6, 6.07) is 3.67. The molecule has 3 rings (SSSR count). The Morgan fingerprint density at radius 3 is 2.79 bits per heavy atom. The van der Waals surface area contributed by atoms with Crippen molar-refractivity contribution >= 4 is 11.7 Å². The van der Waals surface area contributed by atoms with Gasteiger partial charge in [-0.05, 0) is 31.0 Å². The highest BCUT2D eigenvalue weighted by Crippen LogP contribution is 2.37. The number of alkyl halides is 3. The van der Waals surface area contributed by atoms with Gasteiger partial charge in [0.05, 0.1) is 11.7 Å². The summed E-state index contributed by atoms with van der Waals surface area (Å²) in [4.78, 5) is 14.9. The van der Waals surface area contributed by atoms with Gasteiger partial charge in [-0.1, -0.05) is 0 Å². The van der Waals surface area contributed by atoms with Gasteiger partial charge in [0.2, 0.25) is 0 Å². The van der Waals surface area contributed by atoms with Crippen molar-refractivity contribution in [3.05, 3.63) is 29.3 Å². The van der Waals surface area contributed by atoms with Crippen LogP contribution < -0.4 is 15.6 Å². The van der Waals surface area contributed by atoms with Crippen LogP contribution in [0.15, 0.2) is 23.2 Å². The molecule has 0 aromatic heterocycles. The van der Waals surface area contributed by atoms with Crippen LogP contribution >= 0.6 is 0 Å². The van der Waals surface area contributed by atoms with Gasteiger partial charge in [0.1, 0.15) is 24.7 Å². The molecule has 1 amide bonds. The van der Waals surface area contributed by atoms with Gasteiger partial charge >= 0.3 is 6.18 Å². The third-order valence-corrected chi connectivity index (χ3v) is 3.71. The van der Waals surface area contributed by atoms with Crippen LogP contribution in [-0.2, 0) is 15.7 Å². The fourth-order valence-corrected chi connectivity index (χ4v) is 2.51. The Balaban J connectivity index is 1.82. The fraction of sp³-hybridized carbons (Fsp3) is 0.467. The summed E-state index contributed by atoms with van der Waals surface area (Å²) in [5.41, 5.74) is 4.12. The van der Waals surface area contributed by atoms with Gasteiger partial charge in [0.25, 0.3) is 5.91 Å². The molecule has 2 aliphatic rings. The minimum Gasteiger partial charge on any atom is -0.490 e. The molecule has 130 valence electrons. The lowest BCUT2D eigenvalue weighted by molar-refractivity contribution is -0.139. The average molecular weight is 343 g/mol. The number of nitrogens with zero attached hydrogens (tertiary/aromatic N) is 1. The molecule has 2 aliphatic heterocycles. The van der Waals surface area contributed by atoms with E-state index in [1.807, 2.05) is 0 Å². The number of rotatable bonds is 4. The molecule has 0 radical (unpaired) electrons. The van der Waals surface area contributed by atoms with E-state index < -0.39 is 11.7 Å². The third-order valence-electron chi connectivity index (χ3n) is 3.71. The number of amidine groups is 1. The molecule has 1 aromatic rings. The first-order valence-electron chi connectivity index (χ1n) is 7.49. The predicted octanol–water partition coefficient (Wildman–Crippen LogP) is 1.64. The van der Waals surface area contributed by atoms with Crippen LogP contribution in [-0.4, -0.2) is 37.6 Å². The Morgan fingerprint density at radius 2 is 2.17 bits per heavy atom. The highest BCUT2D eigenvalue weighted by Gasteiger charge is 2.35. The second kappa shape index (κ2) is 6.68. The van der Waals surface area contributed by atoms with E-state index in [1.165, 1.54) is 12.1 Å². The summed E-state index contributed by atoms with van der Waals surface area (Å²) in [7, 11) is 0. The molecule has 2 N–H and O–H groups in total. The Hall–Kier alpha value is -2.29. The number of ether oxygens (including phenoxy) is 2. The number of hydrazine groups is 1. The zero-order valence-corrected chi connectivity index (χ0v) is 12.7. The SMILES string of the molecule is O=C1CN=C(c2ccc(OC[C@H]3CCCO3)c(C(F)(F)F)c2)NN1. The topological polar surface area (TPSA) is 72.0 Å². The molecule has 1 aromatic carbocycles. The molecular formula is C15H16F3N3O3. The van der Waals surface area contributed by atoms with Crippen molar-refractivity contribution in [3.8, 4) is 5.75 Å². The highest BCUT2D eigenvalue weighted by molar-refractivity contribution is 6.02. The Labute approximate surface area is 136 Å². The van der Waals surface area contributed by atoms with E-state index in [0.29, 0.717) is 6.61 Å². The summed E-state index contributed by atoms with van der Waals surface area (Å²) in [5, 5.41) is 0. The summed E-state index contributed by atoms with van der Waals surface area (Å²) in [5.74, 6) is -0.431. The number of hydrogen-bond acceptors (Lipinski definition) is 5.